The molecule has 3 aliphatic carbocycles. The van der Waals surface area contributed by atoms with Crippen molar-refractivity contribution in [2.75, 3.05) is 9.80 Å². The van der Waals surface area contributed by atoms with Gasteiger partial charge in [-0.2, -0.15) is 0 Å². The zero-order chi connectivity index (χ0) is 54.7. The van der Waals surface area contributed by atoms with Crippen LogP contribution >= 0.6 is 11.3 Å². The lowest BCUT2D eigenvalue weighted by atomic mass is 9.36. The number of hydrogen-bond acceptors (Lipinski definition) is 3. The van der Waals surface area contributed by atoms with Crippen LogP contribution in [-0.2, 0) is 37.9 Å². The normalized spacial score (nSPS) is 21.4. The Bertz CT molecular complexity index is 3670. The maximum Gasteiger partial charge on any atom is 0.264 e. The molecule has 0 amide bonds. The van der Waals surface area contributed by atoms with Crippen molar-refractivity contribution in [3.8, 4) is 11.1 Å². The average molecular weight is 958 g/mol. The maximum atomic E-state index is 9.37. The highest BCUT2D eigenvalue weighted by Crippen LogP contribution is 2.57. The van der Waals surface area contributed by atoms with Crippen LogP contribution in [-0.4, -0.2) is 6.71 Å². The molecule has 1 aromatic heterocycles. The van der Waals surface area contributed by atoms with Crippen molar-refractivity contribution in [3.63, 3.8) is 0 Å². The van der Waals surface area contributed by atoms with Gasteiger partial charge in [0.1, 0.15) is 0 Å². The molecule has 12 rings (SSSR count). The molecule has 7 aromatic rings. The third kappa shape index (κ3) is 6.98. The van der Waals surface area contributed by atoms with E-state index in [4.69, 9.17) is 4.11 Å². The third-order valence-electron chi connectivity index (χ3n) is 18.7. The van der Waals surface area contributed by atoms with Gasteiger partial charge in [0.2, 0.25) is 0 Å². The zero-order valence-electron chi connectivity index (χ0n) is 50.6. The summed E-state index contributed by atoms with van der Waals surface area (Å²) in [6.45, 7) is 38.1. The Kier molecular flexibility index (Phi) is 8.77. The monoisotopic (exact) mass is 958 g/mol. The number of rotatable bonds is 3. The minimum Gasteiger partial charge on any atom is -0.311 e. The molecule has 0 atom stereocenters. The first-order valence-electron chi connectivity index (χ1n) is 29.2. The number of nitrogens with zero attached hydrogens (tertiary/aromatic N) is 2. The summed E-state index contributed by atoms with van der Waals surface area (Å²) in [5.74, 6) is 0. The first kappa shape index (κ1) is 41.4. The third-order valence-corrected chi connectivity index (χ3v) is 19.9. The van der Waals surface area contributed by atoms with Crippen molar-refractivity contribution in [2.24, 2.45) is 0 Å². The maximum absolute atomic E-state index is 9.37. The fraction of sp³-hybridized carbons (Fsp3) is 0.433. The van der Waals surface area contributed by atoms with E-state index in [1.54, 1.807) is 0 Å². The van der Waals surface area contributed by atoms with Gasteiger partial charge in [-0.05, 0) is 198 Å². The van der Waals surface area contributed by atoms with Crippen LogP contribution in [0.2, 0.25) is 0 Å². The molecule has 0 saturated heterocycles. The molecule has 0 unspecified atom stereocenters. The minimum absolute atomic E-state index is 0.00347. The van der Waals surface area contributed by atoms with E-state index in [1.165, 1.54) is 81.8 Å². The second kappa shape index (κ2) is 15.0. The number of anilines is 6. The van der Waals surface area contributed by atoms with Crippen LogP contribution < -0.4 is 25.5 Å². The molecule has 0 bridgehead atoms. The Labute approximate surface area is 438 Å². The standard InChI is InChI=1S/C67H77BN2S/c1-40-32-54-58-55(33-40)70(53-35-42(41-20-18-17-19-21-41)34-50-57(53)67(15,16)31-30-66(50,13)14)52-25-22-43(61(2,3)4)36-51(52)68(58)60-59(45-38-48-49(39-56(45)71-60)65(11,12)29-28-64(48,9)10)69(54)44-23-24-46-47(37-44)63(7,8)27-26-62(46,5)6/h17-25,32-39H,26-31H2,1-16H3/i17D,18D,19D,20D,21D. The molecule has 0 radical (unpaired) electrons. The molecular weight excluding hydrogens is 876 g/mol. The highest BCUT2D eigenvalue weighted by molar-refractivity contribution is 7.33. The highest BCUT2D eigenvalue weighted by atomic mass is 32.1. The van der Waals surface area contributed by atoms with Crippen molar-refractivity contribution in [3.05, 3.63) is 148 Å². The summed E-state index contributed by atoms with van der Waals surface area (Å²) < 4.78 is 47.8. The number of thiophene rings is 1. The SMILES string of the molecule is [2H]c1c([2H])c([2H])c(-c2cc(N3c4ccc(C(C)(C)C)cc4B4c5sc6cc7c(cc6c5N(c5ccc6c(c5)C(C)(C)CCC6(C)C)c5cc(C)cc3c54)C(C)(C)CCC7(C)C)c3c(c2)C(C)(C)CCC3(C)C)c([2H])c1[2H]. The van der Waals surface area contributed by atoms with E-state index < -0.39 is 0 Å². The smallest absolute Gasteiger partial charge is 0.264 e. The van der Waals surface area contributed by atoms with E-state index in [1.807, 2.05) is 11.3 Å². The van der Waals surface area contributed by atoms with E-state index >= 15 is 0 Å². The number of benzene rings is 6. The Morgan fingerprint density at radius 3 is 1.72 bits per heavy atom. The minimum atomic E-state index is -0.376. The van der Waals surface area contributed by atoms with Gasteiger partial charge in [0.15, 0.2) is 0 Å². The molecular formula is C67H77BN2S. The lowest BCUT2D eigenvalue weighted by Gasteiger charge is -2.48. The second-order valence-electron chi connectivity index (χ2n) is 27.5. The number of hydrogen-bond donors (Lipinski definition) is 0. The Morgan fingerprint density at radius 1 is 0.521 bits per heavy atom. The van der Waals surface area contributed by atoms with Crippen molar-refractivity contribution in [1.29, 1.82) is 0 Å². The zero-order valence-corrected chi connectivity index (χ0v) is 46.4. The summed E-state index contributed by atoms with van der Waals surface area (Å²) in [5.41, 5.74) is 20.6. The molecule has 364 valence electrons. The van der Waals surface area contributed by atoms with Crippen LogP contribution in [0.15, 0.2) is 103 Å². The first-order chi connectivity index (χ1) is 35.3. The summed E-state index contributed by atoms with van der Waals surface area (Å²) in [6, 6.07) is 27.7. The molecule has 4 heteroatoms. The van der Waals surface area contributed by atoms with Gasteiger partial charge >= 0.3 is 0 Å². The molecule has 0 N–H and O–H groups in total. The topological polar surface area (TPSA) is 6.48 Å². The van der Waals surface area contributed by atoms with Crippen LogP contribution in [0.25, 0.3) is 21.2 Å². The summed E-state index contributed by atoms with van der Waals surface area (Å²) in [4.78, 5) is 5.22. The van der Waals surface area contributed by atoms with Crippen molar-refractivity contribution in [1.82, 2.24) is 0 Å². The van der Waals surface area contributed by atoms with E-state index in [-0.39, 0.29) is 80.4 Å². The van der Waals surface area contributed by atoms with E-state index in [9.17, 15) is 2.74 Å². The number of aryl methyl sites for hydroxylation is 1. The molecule has 2 nitrogen and oxygen atoms in total. The molecule has 5 aliphatic rings. The average Bonchev–Trinajstić information content (AvgIpc) is 3.77. The molecule has 0 fully saturated rings. The van der Waals surface area contributed by atoms with Gasteiger partial charge in [-0.1, -0.05) is 158 Å². The van der Waals surface area contributed by atoms with E-state index in [0.717, 1.165) is 61.2 Å². The van der Waals surface area contributed by atoms with Crippen LogP contribution in [0.3, 0.4) is 0 Å². The predicted molar refractivity (Wildman–Crippen MR) is 311 cm³/mol. The Morgan fingerprint density at radius 2 is 1.08 bits per heavy atom. The molecule has 0 saturated carbocycles. The van der Waals surface area contributed by atoms with Gasteiger partial charge in [-0.15, -0.1) is 11.3 Å². The van der Waals surface area contributed by atoms with Crippen molar-refractivity contribution >= 4 is 78.0 Å². The summed E-state index contributed by atoms with van der Waals surface area (Å²) in [7, 11) is 0. The van der Waals surface area contributed by atoms with E-state index in [0.29, 0.717) is 5.56 Å². The molecule has 3 heterocycles. The summed E-state index contributed by atoms with van der Waals surface area (Å²) >= 11 is 1.99. The van der Waals surface area contributed by atoms with Crippen LogP contribution in [0, 0.1) is 6.92 Å². The van der Waals surface area contributed by atoms with Gasteiger partial charge in [-0.25, -0.2) is 0 Å². The van der Waals surface area contributed by atoms with Gasteiger partial charge in [0.25, 0.3) is 6.71 Å². The Hall–Kier alpha value is -5.06. The summed E-state index contributed by atoms with van der Waals surface area (Å²) in [5, 5.41) is 1.33. The molecule has 2 aliphatic heterocycles. The lowest BCUT2D eigenvalue weighted by molar-refractivity contribution is 0.332. The van der Waals surface area contributed by atoms with Crippen molar-refractivity contribution in [2.45, 2.75) is 187 Å². The quantitative estimate of drug-likeness (QED) is 0.163. The Balaban J connectivity index is 1.24. The van der Waals surface area contributed by atoms with Crippen LogP contribution in [0.4, 0.5) is 34.1 Å². The fourth-order valence-corrected chi connectivity index (χ4v) is 15.2. The second-order valence-corrected chi connectivity index (χ2v) is 28.6. The van der Waals surface area contributed by atoms with E-state index in [2.05, 4.69) is 193 Å². The molecule has 6 aromatic carbocycles. The number of fused-ring (bicyclic) bond motifs is 9. The first-order valence-corrected chi connectivity index (χ1v) is 27.5. The van der Waals surface area contributed by atoms with Gasteiger partial charge in [0, 0.05) is 37.6 Å². The highest BCUT2D eigenvalue weighted by Gasteiger charge is 2.49. The van der Waals surface area contributed by atoms with Gasteiger partial charge in [-0.3, -0.25) is 0 Å². The largest absolute Gasteiger partial charge is 0.311 e. The summed E-state index contributed by atoms with van der Waals surface area (Å²) in [6.07, 6.45) is 6.52. The predicted octanol–water partition coefficient (Wildman–Crippen LogP) is 17.3. The molecule has 71 heavy (non-hydrogen) atoms. The molecule has 0 spiro atoms. The van der Waals surface area contributed by atoms with Crippen molar-refractivity contribution < 1.29 is 6.85 Å². The van der Waals surface area contributed by atoms with Gasteiger partial charge in [0.05, 0.1) is 18.2 Å². The van der Waals surface area contributed by atoms with Gasteiger partial charge < -0.3 is 9.80 Å². The fourth-order valence-electron chi connectivity index (χ4n) is 13.9. The van der Waals surface area contributed by atoms with Crippen LogP contribution in [0.5, 0.6) is 0 Å². The lowest BCUT2D eigenvalue weighted by Crippen LogP contribution is -2.60. The van der Waals surface area contributed by atoms with Crippen LogP contribution in [0.1, 0.15) is 194 Å².